The number of hydrogen-bond donors (Lipinski definition) is 2. The molecule has 0 aromatic rings. The molecule has 0 saturated carbocycles. The van der Waals surface area contributed by atoms with Crippen molar-refractivity contribution in [2.24, 2.45) is 10.9 Å². The Kier molecular flexibility index (Phi) is 3.49. The molecule has 0 aromatic carbocycles. The summed E-state index contributed by atoms with van der Waals surface area (Å²) in [5, 5.41) is 9.78. The average molecular weight is 225 g/mol. The summed E-state index contributed by atoms with van der Waals surface area (Å²) in [6, 6.07) is 0. The molecule has 90 valence electrons. The summed E-state index contributed by atoms with van der Waals surface area (Å²) in [4.78, 5) is 5.96. The zero-order valence-electron chi connectivity index (χ0n) is 10.1. The molecule has 0 bridgehead atoms. The van der Waals surface area contributed by atoms with Gasteiger partial charge in [-0.3, -0.25) is 4.90 Å². The molecule has 2 rings (SSSR count). The van der Waals surface area contributed by atoms with E-state index in [4.69, 9.17) is 9.73 Å². The minimum atomic E-state index is 0.214. The van der Waals surface area contributed by atoms with E-state index >= 15 is 0 Å². The van der Waals surface area contributed by atoms with E-state index in [0.29, 0.717) is 24.5 Å². The van der Waals surface area contributed by atoms with Gasteiger partial charge in [-0.25, -0.2) is 0 Å². The molecular weight excluding hydrogens is 204 g/mol. The van der Waals surface area contributed by atoms with E-state index in [-0.39, 0.29) is 6.17 Å². The summed E-state index contributed by atoms with van der Waals surface area (Å²) in [5.41, 5.74) is 0. The Morgan fingerprint density at radius 2 is 2.31 bits per heavy atom. The van der Waals surface area contributed by atoms with Crippen LogP contribution in [0.4, 0.5) is 0 Å². The average Bonchev–Trinajstić information content (AvgIpc) is 2.24. The molecule has 3 atom stereocenters. The van der Waals surface area contributed by atoms with Gasteiger partial charge in [0.1, 0.15) is 12.0 Å². The molecule has 4 nitrogen and oxygen atoms in total. The van der Waals surface area contributed by atoms with Crippen LogP contribution in [-0.4, -0.2) is 30.8 Å². The van der Waals surface area contributed by atoms with Gasteiger partial charge in [-0.2, -0.15) is 4.99 Å². The van der Waals surface area contributed by atoms with Gasteiger partial charge in [0.25, 0.3) is 0 Å². The van der Waals surface area contributed by atoms with Crippen LogP contribution in [0.1, 0.15) is 32.6 Å². The highest BCUT2D eigenvalue weighted by atomic mass is 16.5. The van der Waals surface area contributed by atoms with Crippen molar-refractivity contribution in [3.63, 3.8) is 0 Å². The van der Waals surface area contributed by atoms with Crippen LogP contribution in [0.25, 0.3) is 0 Å². The lowest BCUT2D eigenvalue weighted by Gasteiger charge is -2.33. The fourth-order valence-corrected chi connectivity index (χ4v) is 2.56. The second-order valence-electron chi connectivity index (χ2n) is 4.75. The van der Waals surface area contributed by atoms with E-state index in [1.54, 1.807) is 7.11 Å². The van der Waals surface area contributed by atoms with Crippen molar-refractivity contribution < 1.29 is 14.7 Å². The highest BCUT2D eigenvalue weighted by molar-refractivity contribution is 5.76. The first kappa shape index (κ1) is 11.5. The Morgan fingerprint density at radius 1 is 1.50 bits per heavy atom. The summed E-state index contributed by atoms with van der Waals surface area (Å²) in [6.07, 6.45) is 5.91. The van der Waals surface area contributed by atoms with Crippen molar-refractivity contribution in [3.05, 3.63) is 12.0 Å². The number of aliphatic hydroxyl groups is 1. The van der Waals surface area contributed by atoms with Crippen LogP contribution in [0.5, 0.6) is 0 Å². The highest BCUT2D eigenvalue weighted by Gasteiger charge is 2.32. The van der Waals surface area contributed by atoms with Crippen LogP contribution < -0.4 is 4.90 Å². The molecule has 2 heterocycles. The predicted octanol–water partition coefficient (Wildman–Crippen LogP) is 0.865. The van der Waals surface area contributed by atoms with Crippen LogP contribution in [0.2, 0.25) is 0 Å². The van der Waals surface area contributed by atoms with Gasteiger partial charge in [-0.15, -0.1) is 0 Å². The smallest absolute Gasteiger partial charge is 0.191 e. The van der Waals surface area contributed by atoms with Crippen molar-refractivity contribution in [2.75, 3.05) is 13.7 Å². The summed E-state index contributed by atoms with van der Waals surface area (Å²) in [6.45, 7) is 3.28. The Balaban J connectivity index is 2.24. The molecule has 2 aliphatic rings. The molecule has 1 fully saturated rings. The first-order valence-electron chi connectivity index (χ1n) is 6.06. The van der Waals surface area contributed by atoms with Crippen molar-refractivity contribution in [3.8, 4) is 0 Å². The normalized spacial score (nSPS) is 35.2. The lowest BCUT2D eigenvalue weighted by Crippen LogP contribution is -3.13. The lowest BCUT2D eigenvalue weighted by atomic mass is 9.96. The number of nitrogens with zero attached hydrogens (tertiary/aromatic N) is 1. The third-order valence-corrected chi connectivity index (χ3v) is 3.51. The monoisotopic (exact) mass is 225 g/mol. The number of hydrogen-bond acceptors (Lipinski definition) is 3. The number of aliphatic imine (C=N–C) groups is 1. The van der Waals surface area contributed by atoms with Gasteiger partial charge in [-0.1, -0.05) is 6.92 Å². The van der Waals surface area contributed by atoms with E-state index in [1.165, 1.54) is 17.7 Å². The minimum absolute atomic E-state index is 0.214. The van der Waals surface area contributed by atoms with Gasteiger partial charge in [0.2, 0.25) is 0 Å². The third kappa shape index (κ3) is 2.38. The fraction of sp³-hybridized carbons (Fsp3) is 0.750. The summed E-state index contributed by atoms with van der Waals surface area (Å²) >= 11 is 0. The number of piperidine rings is 1. The van der Waals surface area contributed by atoms with Crippen LogP contribution >= 0.6 is 0 Å². The molecule has 16 heavy (non-hydrogen) atoms. The van der Waals surface area contributed by atoms with Crippen LogP contribution in [-0.2, 0) is 4.74 Å². The van der Waals surface area contributed by atoms with Gasteiger partial charge in [0, 0.05) is 18.8 Å². The van der Waals surface area contributed by atoms with Crippen LogP contribution in [0.15, 0.2) is 17.0 Å². The second kappa shape index (κ2) is 4.87. The van der Waals surface area contributed by atoms with Crippen LogP contribution in [0, 0.1) is 5.92 Å². The summed E-state index contributed by atoms with van der Waals surface area (Å²) < 4.78 is 5.27. The van der Waals surface area contributed by atoms with Gasteiger partial charge in [0.05, 0.1) is 13.7 Å². The Hall–Kier alpha value is -1.03. The van der Waals surface area contributed by atoms with E-state index in [1.807, 2.05) is 6.20 Å². The van der Waals surface area contributed by atoms with Gasteiger partial charge < -0.3 is 9.84 Å². The topological polar surface area (TPSA) is 46.3 Å². The number of methoxy groups -OCH3 is 1. The van der Waals surface area contributed by atoms with Gasteiger partial charge in [-0.05, 0) is 12.8 Å². The molecule has 0 aromatic heterocycles. The number of rotatable bonds is 0. The highest BCUT2D eigenvalue weighted by Crippen LogP contribution is 2.16. The third-order valence-electron chi connectivity index (χ3n) is 3.51. The summed E-state index contributed by atoms with van der Waals surface area (Å²) in [7, 11) is 1.66. The van der Waals surface area contributed by atoms with Crippen molar-refractivity contribution in [1.82, 2.24) is 0 Å². The molecule has 2 N–H and O–H groups in total. The molecule has 2 aliphatic heterocycles. The quantitative estimate of drug-likeness (QED) is 0.642. The standard InChI is InChI=1S/C12H20N2O2/c1-9-4-3-7-14-8-10(15)5-6-11(16-2)13-12(9)14/h8-9,12,15H,3-7H2,1-2H3/p+1. The van der Waals surface area contributed by atoms with Crippen LogP contribution in [0.3, 0.4) is 0 Å². The van der Waals surface area contributed by atoms with Gasteiger partial charge in [0.15, 0.2) is 12.1 Å². The molecule has 1 saturated heterocycles. The first-order chi connectivity index (χ1) is 7.70. The molecular formula is C12H21N2O2+. The number of ether oxygens (including phenoxy) is 1. The molecule has 0 radical (unpaired) electrons. The SMILES string of the molecule is COC1=NC2C(C)CCC[NH+]2C=C(O)CC1. The molecule has 3 unspecified atom stereocenters. The predicted molar refractivity (Wildman–Crippen MR) is 62.4 cm³/mol. The van der Waals surface area contributed by atoms with E-state index in [0.717, 1.165) is 12.4 Å². The summed E-state index contributed by atoms with van der Waals surface area (Å²) in [5.74, 6) is 1.80. The van der Waals surface area contributed by atoms with E-state index in [9.17, 15) is 5.11 Å². The molecule has 4 heteroatoms. The molecule has 0 amide bonds. The Bertz CT molecular complexity index is 312. The minimum Gasteiger partial charge on any atom is -0.507 e. The zero-order chi connectivity index (χ0) is 11.5. The van der Waals surface area contributed by atoms with Crippen molar-refractivity contribution in [1.29, 1.82) is 0 Å². The number of aliphatic hydroxyl groups excluding tert-OH is 1. The maximum absolute atomic E-state index is 9.78. The largest absolute Gasteiger partial charge is 0.507 e. The van der Waals surface area contributed by atoms with Gasteiger partial charge >= 0.3 is 0 Å². The maximum atomic E-state index is 9.78. The Labute approximate surface area is 96.6 Å². The molecule has 0 aliphatic carbocycles. The number of nitrogens with one attached hydrogen (secondary N) is 1. The fourth-order valence-electron chi connectivity index (χ4n) is 2.56. The molecule has 0 spiro atoms. The van der Waals surface area contributed by atoms with Crippen molar-refractivity contribution >= 4 is 5.90 Å². The van der Waals surface area contributed by atoms with E-state index in [2.05, 4.69) is 6.92 Å². The second-order valence-corrected chi connectivity index (χ2v) is 4.75. The maximum Gasteiger partial charge on any atom is 0.191 e. The van der Waals surface area contributed by atoms with Crippen molar-refractivity contribution in [2.45, 2.75) is 38.8 Å². The van der Waals surface area contributed by atoms with E-state index < -0.39 is 0 Å². The Morgan fingerprint density at radius 3 is 3.06 bits per heavy atom. The lowest BCUT2D eigenvalue weighted by molar-refractivity contribution is -0.885. The first-order valence-corrected chi connectivity index (χ1v) is 6.06. The zero-order valence-corrected chi connectivity index (χ0v) is 10.1. The number of allylic oxidation sites excluding steroid dienone is 1. The number of fused-ring (bicyclic) bond motifs is 1. The number of quaternary nitrogens is 1.